The molecule has 6 heteroatoms. The standard InChI is InChI=1S/C34H22N4OS/c39-40-32-13-4-3-12-29(32)37(31-21-23(15-18-33(31)40)27-10-5-7-19-35-27)24-16-17-26-25-9-1-2-11-28(25)38(30(26)22-24)34-14-6-8-20-36-34/h1-22H. The van der Waals surface area contributed by atoms with Gasteiger partial charge in [-0.2, -0.15) is 0 Å². The van der Waals surface area contributed by atoms with Crippen molar-refractivity contribution in [3.63, 3.8) is 0 Å². The zero-order valence-electron chi connectivity index (χ0n) is 21.3. The molecule has 0 spiro atoms. The van der Waals surface area contributed by atoms with E-state index in [2.05, 4.69) is 63.0 Å². The molecule has 0 saturated heterocycles. The normalized spacial score (nSPS) is 14.3. The zero-order chi connectivity index (χ0) is 26.6. The van der Waals surface area contributed by atoms with Crippen LogP contribution < -0.4 is 4.90 Å². The Labute approximate surface area is 233 Å². The average molecular weight is 535 g/mol. The van der Waals surface area contributed by atoms with Crippen molar-refractivity contribution >= 4 is 49.7 Å². The summed E-state index contributed by atoms with van der Waals surface area (Å²) in [5, 5.41) is 2.33. The van der Waals surface area contributed by atoms with Crippen molar-refractivity contribution in [2.75, 3.05) is 4.90 Å². The van der Waals surface area contributed by atoms with Crippen LogP contribution in [0.4, 0.5) is 17.1 Å². The fourth-order valence-electron chi connectivity index (χ4n) is 5.70. The second-order valence-corrected chi connectivity index (χ2v) is 11.1. The number of benzene rings is 4. The number of pyridine rings is 2. The van der Waals surface area contributed by atoms with E-state index in [4.69, 9.17) is 4.98 Å². The Morgan fingerprint density at radius 3 is 2.17 bits per heavy atom. The third-order valence-corrected chi connectivity index (χ3v) is 8.95. The molecule has 1 atom stereocenters. The molecule has 0 aliphatic carbocycles. The smallest absolute Gasteiger partial charge is 0.137 e. The summed E-state index contributed by atoms with van der Waals surface area (Å²) in [6.07, 6.45) is 3.62. The van der Waals surface area contributed by atoms with Crippen molar-refractivity contribution < 1.29 is 4.21 Å². The maximum absolute atomic E-state index is 13.8. The van der Waals surface area contributed by atoms with E-state index in [1.807, 2.05) is 79.0 Å². The minimum absolute atomic E-state index is 0.781. The van der Waals surface area contributed by atoms with Gasteiger partial charge in [0.1, 0.15) is 5.82 Å². The van der Waals surface area contributed by atoms with Gasteiger partial charge in [0.15, 0.2) is 0 Å². The number of hydrogen-bond acceptors (Lipinski definition) is 4. The molecule has 0 N–H and O–H groups in total. The summed E-state index contributed by atoms with van der Waals surface area (Å²) in [7, 11) is -1.30. The first-order valence-electron chi connectivity index (χ1n) is 13.1. The highest BCUT2D eigenvalue weighted by Gasteiger charge is 2.30. The minimum Gasteiger partial charge on any atom is -0.308 e. The summed E-state index contributed by atoms with van der Waals surface area (Å²) in [6, 6.07) is 40.9. The van der Waals surface area contributed by atoms with Crippen molar-refractivity contribution in [1.82, 2.24) is 14.5 Å². The maximum Gasteiger partial charge on any atom is 0.137 e. The highest BCUT2D eigenvalue weighted by molar-refractivity contribution is 7.85. The van der Waals surface area contributed by atoms with Crippen LogP contribution in [0, 0.1) is 0 Å². The van der Waals surface area contributed by atoms with Crippen LogP contribution in [-0.2, 0) is 10.8 Å². The Bertz CT molecular complexity index is 2090. The Kier molecular flexibility index (Phi) is 5.15. The number of nitrogens with zero attached hydrogens (tertiary/aromatic N) is 4. The van der Waals surface area contributed by atoms with Gasteiger partial charge in [-0.3, -0.25) is 9.55 Å². The minimum atomic E-state index is -1.30. The SMILES string of the molecule is O=S1c2ccccc2N(c2ccc3c4ccccc4n(-c4ccccn4)c3c2)c2cc(-c3ccccn3)ccc21. The molecule has 1 aliphatic heterocycles. The van der Waals surface area contributed by atoms with Gasteiger partial charge in [-0.1, -0.05) is 54.6 Å². The number of aromatic nitrogens is 3. The van der Waals surface area contributed by atoms with Crippen molar-refractivity contribution in [2.24, 2.45) is 0 Å². The van der Waals surface area contributed by atoms with Crippen LogP contribution in [0.5, 0.6) is 0 Å². The van der Waals surface area contributed by atoms with Gasteiger partial charge in [-0.25, -0.2) is 9.19 Å². The molecule has 0 radical (unpaired) electrons. The van der Waals surface area contributed by atoms with Crippen molar-refractivity contribution in [3.8, 4) is 17.1 Å². The number of fused-ring (bicyclic) bond motifs is 5. The Morgan fingerprint density at radius 2 is 1.32 bits per heavy atom. The molecule has 40 heavy (non-hydrogen) atoms. The lowest BCUT2D eigenvalue weighted by Crippen LogP contribution is -2.19. The summed E-state index contributed by atoms with van der Waals surface area (Å²) in [5.41, 5.74) is 6.79. The molecular formula is C34H22N4OS. The van der Waals surface area contributed by atoms with Crippen molar-refractivity contribution in [1.29, 1.82) is 0 Å². The van der Waals surface area contributed by atoms with Gasteiger partial charge in [0.05, 0.1) is 48.7 Å². The molecule has 190 valence electrons. The fraction of sp³-hybridized carbons (Fsp3) is 0. The van der Waals surface area contributed by atoms with E-state index in [9.17, 15) is 4.21 Å². The van der Waals surface area contributed by atoms with Crippen LogP contribution in [0.15, 0.2) is 144 Å². The number of anilines is 3. The molecule has 3 aromatic heterocycles. The lowest BCUT2D eigenvalue weighted by molar-refractivity contribution is 0.682. The summed E-state index contributed by atoms with van der Waals surface area (Å²) < 4.78 is 16.0. The van der Waals surface area contributed by atoms with Crippen LogP contribution in [0.1, 0.15) is 0 Å². The third-order valence-electron chi connectivity index (χ3n) is 7.46. The molecule has 1 unspecified atom stereocenters. The van der Waals surface area contributed by atoms with Crippen molar-refractivity contribution in [2.45, 2.75) is 9.79 Å². The van der Waals surface area contributed by atoms with Crippen LogP contribution in [0.2, 0.25) is 0 Å². The second kappa shape index (κ2) is 9.00. The van der Waals surface area contributed by atoms with Gasteiger partial charge < -0.3 is 4.90 Å². The number of rotatable bonds is 3. The summed E-state index contributed by atoms with van der Waals surface area (Å²) in [5.74, 6) is 0.865. The molecule has 1 aliphatic rings. The molecule has 7 aromatic rings. The van der Waals surface area contributed by atoms with Gasteiger partial charge >= 0.3 is 0 Å². The van der Waals surface area contributed by atoms with E-state index >= 15 is 0 Å². The quantitative estimate of drug-likeness (QED) is 0.229. The Hall–Kier alpha value is -5.07. The van der Waals surface area contributed by atoms with Crippen LogP contribution >= 0.6 is 0 Å². The predicted molar refractivity (Wildman–Crippen MR) is 161 cm³/mol. The third kappa shape index (κ3) is 3.43. The number of para-hydroxylation sites is 2. The van der Waals surface area contributed by atoms with Gasteiger partial charge in [-0.05, 0) is 66.7 Å². The first-order chi connectivity index (χ1) is 19.8. The molecule has 0 amide bonds. The second-order valence-electron chi connectivity index (χ2n) is 9.71. The highest BCUT2D eigenvalue weighted by Crippen LogP contribution is 2.48. The van der Waals surface area contributed by atoms with Gasteiger partial charge in [-0.15, -0.1) is 0 Å². The van der Waals surface area contributed by atoms with E-state index in [1.54, 1.807) is 6.20 Å². The predicted octanol–water partition coefficient (Wildman–Crippen LogP) is 8.19. The first kappa shape index (κ1) is 22.9. The monoisotopic (exact) mass is 534 g/mol. The molecule has 0 bridgehead atoms. The maximum atomic E-state index is 13.8. The molecule has 0 fully saturated rings. The highest BCUT2D eigenvalue weighted by atomic mass is 32.2. The molecule has 0 saturated carbocycles. The Morgan fingerprint density at radius 1 is 0.575 bits per heavy atom. The van der Waals surface area contributed by atoms with Crippen molar-refractivity contribution in [3.05, 3.63) is 134 Å². The summed E-state index contributed by atoms with van der Waals surface area (Å²) >= 11 is 0. The fourth-order valence-corrected chi connectivity index (χ4v) is 7.02. The number of hydrogen-bond donors (Lipinski definition) is 0. The lowest BCUT2D eigenvalue weighted by Gasteiger charge is -2.33. The summed E-state index contributed by atoms with van der Waals surface area (Å²) in [4.78, 5) is 13.1. The van der Waals surface area contributed by atoms with Gasteiger partial charge in [0.2, 0.25) is 0 Å². The van der Waals surface area contributed by atoms with E-state index in [0.29, 0.717) is 0 Å². The molecule has 8 rings (SSSR count). The van der Waals surface area contributed by atoms with Crippen LogP contribution in [0.3, 0.4) is 0 Å². The molecular weight excluding hydrogens is 512 g/mol. The molecule has 4 aromatic carbocycles. The van der Waals surface area contributed by atoms with Crippen LogP contribution in [-0.4, -0.2) is 18.7 Å². The topological polar surface area (TPSA) is 51.0 Å². The van der Waals surface area contributed by atoms with E-state index in [-0.39, 0.29) is 0 Å². The van der Waals surface area contributed by atoms with Gasteiger partial charge in [0, 0.05) is 34.4 Å². The van der Waals surface area contributed by atoms with Crippen LogP contribution in [0.25, 0.3) is 38.9 Å². The van der Waals surface area contributed by atoms with E-state index < -0.39 is 10.8 Å². The summed E-state index contributed by atoms with van der Waals surface area (Å²) in [6.45, 7) is 0. The Balaban J connectivity index is 1.41. The first-order valence-corrected chi connectivity index (χ1v) is 14.2. The van der Waals surface area contributed by atoms with E-state index in [0.717, 1.165) is 60.3 Å². The zero-order valence-corrected chi connectivity index (χ0v) is 22.1. The molecule has 4 heterocycles. The average Bonchev–Trinajstić information content (AvgIpc) is 3.35. The largest absolute Gasteiger partial charge is 0.308 e. The van der Waals surface area contributed by atoms with E-state index in [1.165, 1.54) is 5.39 Å². The molecule has 5 nitrogen and oxygen atoms in total. The van der Waals surface area contributed by atoms with Gasteiger partial charge in [0.25, 0.3) is 0 Å². The lowest BCUT2D eigenvalue weighted by atomic mass is 10.1.